The van der Waals surface area contributed by atoms with Crippen molar-refractivity contribution in [1.82, 2.24) is 19.9 Å². The lowest BCUT2D eigenvalue weighted by Gasteiger charge is -2.13. The van der Waals surface area contributed by atoms with Crippen LogP contribution in [-0.4, -0.2) is 46.7 Å². The molecule has 3 N–H and O–H groups in total. The zero-order valence-electron chi connectivity index (χ0n) is 20.1. The van der Waals surface area contributed by atoms with Gasteiger partial charge in [-0.1, -0.05) is 6.07 Å². The van der Waals surface area contributed by atoms with E-state index in [-0.39, 0.29) is 11.8 Å². The van der Waals surface area contributed by atoms with E-state index in [0.29, 0.717) is 46.9 Å². The van der Waals surface area contributed by atoms with Crippen molar-refractivity contribution in [1.29, 1.82) is 5.26 Å². The molecule has 0 spiro atoms. The Balaban J connectivity index is 1.58. The Bertz CT molecular complexity index is 1470. The molecule has 2 aromatic carbocycles. The molecule has 4 rings (SSSR count). The van der Waals surface area contributed by atoms with Crippen molar-refractivity contribution in [3.05, 3.63) is 82.8 Å². The van der Waals surface area contributed by atoms with Crippen LogP contribution in [0.15, 0.2) is 55.0 Å². The van der Waals surface area contributed by atoms with Gasteiger partial charge in [-0.2, -0.15) is 10.4 Å². The fourth-order valence-corrected chi connectivity index (χ4v) is 3.70. The first-order valence-electron chi connectivity index (χ1n) is 11.2. The Morgan fingerprint density at radius 3 is 2.61 bits per heavy atom. The van der Waals surface area contributed by atoms with Gasteiger partial charge in [0.25, 0.3) is 11.8 Å². The fraction of sp³-hybridized carbons (Fsp3) is 0.192. The van der Waals surface area contributed by atoms with Gasteiger partial charge < -0.3 is 20.7 Å². The highest BCUT2D eigenvalue weighted by atomic mass is 16.5. The van der Waals surface area contributed by atoms with Crippen LogP contribution in [-0.2, 0) is 4.74 Å². The monoisotopic (exact) mass is 483 g/mol. The number of nitrogens with one attached hydrogen (secondary N) is 3. The number of anilines is 3. The number of nitriles is 1. The number of fused-ring (bicyclic) bond motifs is 1. The van der Waals surface area contributed by atoms with Gasteiger partial charge in [-0.05, 0) is 61.4 Å². The average molecular weight is 484 g/mol. The van der Waals surface area contributed by atoms with Crippen molar-refractivity contribution in [2.45, 2.75) is 13.8 Å². The molecule has 10 heteroatoms. The van der Waals surface area contributed by atoms with Crippen LogP contribution < -0.4 is 16.0 Å². The van der Waals surface area contributed by atoms with Gasteiger partial charge >= 0.3 is 0 Å². The number of amides is 2. The molecule has 2 aromatic heterocycles. The number of methoxy groups -OCH3 is 1. The standard InChI is InChI=1S/C26H25N7O3/c1-16-4-9-20(31-25(34)19-7-5-18(13-27)6-8-19)12-22(16)32-24-23-17(2)21(14-33(23)30-15-29-24)26(35)28-10-11-36-3/h4-9,12,14-15H,10-11H2,1-3H3,(H,28,35)(H,31,34)(H,29,30,32). The Morgan fingerprint density at radius 1 is 1.11 bits per heavy atom. The second-order valence-electron chi connectivity index (χ2n) is 8.12. The van der Waals surface area contributed by atoms with Gasteiger partial charge in [0.15, 0.2) is 5.82 Å². The highest BCUT2D eigenvalue weighted by Crippen LogP contribution is 2.28. The van der Waals surface area contributed by atoms with Crippen molar-refractivity contribution in [3.63, 3.8) is 0 Å². The van der Waals surface area contributed by atoms with Crippen LogP contribution >= 0.6 is 0 Å². The third-order valence-electron chi connectivity index (χ3n) is 5.69. The van der Waals surface area contributed by atoms with Crippen LogP contribution in [0.2, 0.25) is 0 Å². The molecule has 0 unspecified atom stereocenters. The van der Waals surface area contributed by atoms with E-state index >= 15 is 0 Å². The molecule has 4 aromatic rings. The first-order chi connectivity index (χ1) is 17.4. The molecule has 0 aliphatic heterocycles. The zero-order chi connectivity index (χ0) is 25.7. The van der Waals surface area contributed by atoms with E-state index in [2.05, 4.69) is 26.0 Å². The van der Waals surface area contributed by atoms with E-state index in [4.69, 9.17) is 10.00 Å². The molecule has 36 heavy (non-hydrogen) atoms. The fourth-order valence-electron chi connectivity index (χ4n) is 3.70. The Morgan fingerprint density at radius 2 is 1.89 bits per heavy atom. The van der Waals surface area contributed by atoms with Crippen molar-refractivity contribution in [3.8, 4) is 6.07 Å². The van der Waals surface area contributed by atoms with Gasteiger partial charge in [0.1, 0.15) is 11.8 Å². The number of benzene rings is 2. The first-order valence-corrected chi connectivity index (χ1v) is 11.2. The minimum absolute atomic E-state index is 0.218. The minimum Gasteiger partial charge on any atom is -0.383 e. The maximum absolute atomic E-state index is 12.7. The van der Waals surface area contributed by atoms with Crippen molar-refractivity contribution < 1.29 is 14.3 Å². The largest absolute Gasteiger partial charge is 0.383 e. The molecule has 0 bridgehead atoms. The number of ether oxygens (including phenoxy) is 1. The average Bonchev–Trinajstić information content (AvgIpc) is 3.23. The highest BCUT2D eigenvalue weighted by molar-refractivity contribution is 6.04. The molecule has 0 atom stereocenters. The predicted octanol–water partition coefficient (Wildman–Crippen LogP) is 3.59. The Kier molecular flexibility index (Phi) is 7.23. The summed E-state index contributed by atoms with van der Waals surface area (Å²) in [5, 5.41) is 22.2. The molecule has 0 saturated carbocycles. The number of hydrogen-bond donors (Lipinski definition) is 3. The molecule has 0 radical (unpaired) electrons. The third kappa shape index (κ3) is 5.16. The summed E-state index contributed by atoms with van der Waals surface area (Å²) in [4.78, 5) is 29.7. The Labute approximate surface area is 207 Å². The molecule has 2 heterocycles. The van der Waals surface area contributed by atoms with E-state index in [0.717, 1.165) is 16.8 Å². The third-order valence-corrected chi connectivity index (χ3v) is 5.69. The van der Waals surface area contributed by atoms with Crippen LogP contribution in [0.1, 0.15) is 37.4 Å². The molecule has 0 saturated heterocycles. The normalized spacial score (nSPS) is 10.6. The summed E-state index contributed by atoms with van der Waals surface area (Å²) in [6.45, 7) is 4.60. The number of aryl methyl sites for hydroxylation is 2. The van der Waals surface area contributed by atoms with Gasteiger partial charge in [0, 0.05) is 36.8 Å². The molecule has 0 aliphatic carbocycles. The molecule has 2 amide bonds. The molecular formula is C26H25N7O3. The summed E-state index contributed by atoms with van der Waals surface area (Å²) in [5.74, 6) is 0.0204. The van der Waals surface area contributed by atoms with Gasteiger partial charge in [0.05, 0.1) is 23.8 Å². The highest BCUT2D eigenvalue weighted by Gasteiger charge is 2.18. The van der Waals surface area contributed by atoms with E-state index in [1.807, 2.05) is 38.1 Å². The quantitative estimate of drug-likeness (QED) is 0.326. The smallest absolute Gasteiger partial charge is 0.255 e. The number of carbonyl (C=O) groups is 2. The number of hydrogen-bond acceptors (Lipinski definition) is 7. The summed E-state index contributed by atoms with van der Waals surface area (Å²) >= 11 is 0. The molecule has 0 aliphatic rings. The van der Waals surface area contributed by atoms with E-state index < -0.39 is 0 Å². The van der Waals surface area contributed by atoms with Crippen LogP contribution in [0.5, 0.6) is 0 Å². The van der Waals surface area contributed by atoms with Gasteiger partial charge in [-0.15, -0.1) is 0 Å². The minimum atomic E-state index is -0.287. The van der Waals surface area contributed by atoms with Gasteiger partial charge in [-0.25, -0.2) is 9.50 Å². The van der Waals surface area contributed by atoms with Gasteiger partial charge in [0.2, 0.25) is 0 Å². The van der Waals surface area contributed by atoms with Crippen LogP contribution in [0.25, 0.3) is 5.52 Å². The predicted molar refractivity (Wildman–Crippen MR) is 136 cm³/mol. The second-order valence-corrected chi connectivity index (χ2v) is 8.12. The topological polar surface area (TPSA) is 133 Å². The number of aromatic nitrogens is 3. The summed E-state index contributed by atoms with van der Waals surface area (Å²) in [6, 6.07) is 14.0. The Hall–Kier alpha value is -4.75. The summed E-state index contributed by atoms with van der Waals surface area (Å²) in [7, 11) is 1.58. The van der Waals surface area contributed by atoms with E-state index in [1.54, 1.807) is 42.1 Å². The van der Waals surface area contributed by atoms with E-state index in [1.165, 1.54) is 6.33 Å². The summed E-state index contributed by atoms with van der Waals surface area (Å²) < 4.78 is 6.60. The number of nitrogens with zero attached hydrogens (tertiary/aromatic N) is 4. The van der Waals surface area contributed by atoms with Crippen molar-refractivity contribution in [2.75, 3.05) is 30.9 Å². The lowest BCUT2D eigenvalue weighted by molar-refractivity contribution is 0.0936. The first kappa shape index (κ1) is 24.4. The van der Waals surface area contributed by atoms with Crippen LogP contribution in [0.3, 0.4) is 0 Å². The molecule has 182 valence electrons. The van der Waals surface area contributed by atoms with Gasteiger partial charge in [-0.3, -0.25) is 9.59 Å². The lowest BCUT2D eigenvalue weighted by atomic mass is 10.1. The van der Waals surface area contributed by atoms with Crippen LogP contribution in [0, 0.1) is 25.2 Å². The van der Waals surface area contributed by atoms with E-state index in [9.17, 15) is 9.59 Å². The van der Waals surface area contributed by atoms with Crippen LogP contribution in [0.4, 0.5) is 17.2 Å². The second kappa shape index (κ2) is 10.7. The lowest BCUT2D eigenvalue weighted by Crippen LogP contribution is -2.27. The summed E-state index contributed by atoms with van der Waals surface area (Å²) in [5.41, 5.74) is 5.09. The maximum atomic E-state index is 12.7. The zero-order valence-corrected chi connectivity index (χ0v) is 20.1. The summed E-state index contributed by atoms with van der Waals surface area (Å²) in [6.07, 6.45) is 3.08. The van der Waals surface area contributed by atoms with Crippen molar-refractivity contribution in [2.24, 2.45) is 0 Å². The molecule has 0 fully saturated rings. The number of carbonyl (C=O) groups excluding carboxylic acids is 2. The molecule has 10 nitrogen and oxygen atoms in total. The SMILES string of the molecule is COCCNC(=O)c1cn2ncnc(Nc3cc(NC(=O)c4ccc(C#N)cc4)ccc3C)c2c1C. The molecular weight excluding hydrogens is 458 g/mol. The number of rotatable bonds is 8. The van der Waals surface area contributed by atoms with Crippen molar-refractivity contribution >= 4 is 34.5 Å². The maximum Gasteiger partial charge on any atom is 0.255 e.